The quantitative estimate of drug-likeness (QED) is 0.835. The van der Waals surface area contributed by atoms with Crippen LogP contribution in [-0.2, 0) is 4.79 Å². The van der Waals surface area contributed by atoms with E-state index in [0.29, 0.717) is 5.02 Å². The molecule has 1 aliphatic heterocycles. The molecule has 5 nitrogen and oxygen atoms in total. The number of carbonyl (C=O) groups excluding carboxylic acids is 2. The second kappa shape index (κ2) is 4.52. The molecule has 2 atom stereocenters. The number of nitrogens with zero attached hydrogens (tertiary/aromatic N) is 1. The molecule has 0 saturated carbocycles. The van der Waals surface area contributed by atoms with E-state index in [-0.39, 0.29) is 17.9 Å². The number of hydrogen-bond acceptors (Lipinski definition) is 2. The number of fused-ring (bicyclic) bond motifs is 1. The minimum atomic E-state index is -0.537. The number of carbonyl (C=O) groups is 2. The molecule has 2 N–H and O–H groups in total. The molecule has 1 aliphatic rings. The Morgan fingerprint density at radius 1 is 1.35 bits per heavy atom. The van der Waals surface area contributed by atoms with Gasteiger partial charge >= 0.3 is 6.03 Å². The lowest BCUT2D eigenvalue weighted by molar-refractivity contribution is -0.126. The van der Waals surface area contributed by atoms with Crippen molar-refractivity contribution in [3.63, 3.8) is 0 Å². The third-order valence-corrected chi connectivity index (χ3v) is 4.18. The standard InChI is InChI=1S/C14H14ClN3O2/c1-7(11-13(19)18(2)14(20)17-11)9-6-16-12-8(9)4-3-5-10(12)15/h3-7,11,16H,1-2H3,(H,17,20). The molecule has 0 spiro atoms. The molecule has 6 heteroatoms. The largest absolute Gasteiger partial charge is 0.360 e. The lowest BCUT2D eigenvalue weighted by Crippen LogP contribution is -2.34. The zero-order valence-corrected chi connectivity index (χ0v) is 11.9. The monoisotopic (exact) mass is 291 g/mol. The first kappa shape index (κ1) is 13.0. The van der Waals surface area contributed by atoms with Crippen molar-refractivity contribution in [2.45, 2.75) is 18.9 Å². The maximum absolute atomic E-state index is 12.1. The van der Waals surface area contributed by atoms with Crippen LogP contribution in [0.1, 0.15) is 18.4 Å². The third-order valence-electron chi connectivity index (χ3n) is 3.87. The van der Waals surface area contributed by atoms with Gasteiger partial charge in [-0.05, 0) is 11.6 Å². The Balaban J connectivity index is 2.02. The topological polar surface area (TPSA) is 65.2 Å². The van der Waals surface area contributed by atoms with Crippen molar-refractivity contribution in [3.8, 4) is 0 Å². The molecule has 2 unspecified atom stereocenters. The second-order valence-electron chi connectivity index (χ2n) is 5.02. The van der Waals surface area contributed by atoms with Gasteiger partial charge in [-0.2, -0.15) is 0 Å². The zero-order valence-electron chi connectivity index (χ0n) is 11.1. The normalized spacial score (nSPS) is 20.6. The van der Waals surface area contributed by atoms with Crippen molar-refractivity contribution in [2.75, 3.05) is 7.05 Å². The summed E-state index contributed by atoms with van der Waals surface area (Å²) in [6.07, 6.45) is 1.85. The van der Waals surface area contributed by atoms with Gasteiger partial charge in [0.05, 0.1) is 10.5 Å². The predicted octanol–water partition coefficient (Wildman–Crippen LogP) is 2.48. The van der Waals surface area contributed by atoms with E-state index >= 15 is 0 Å². The third kappa shape index (κ3) is 1.78. The van der Waals surface area contributed by atoms with Gasteiger partial charge in [-0.15, -0.1) is 0 Å². The Hall–Kier alpha value is -2.01. The number of benzene rings is 1. The van der Waals surface area contributed by atoms with Crippen molar-refractivity contribution in [1.82, 2.24) is 15.2 Å². The van der Waals surface area contributed by atoms with E-state index in [9.17, 15) is 9.59 Å². The lowest BCUT2D eigenvalue weighted by Gasteiger charge is -2.16. The van der Waals surface area contributed by atoms with E-state index in [1.54, 1.807) is 0 Å². The second-order valence-corrected chi connectivity index (χ2v) is 5.43. The first-order chi connectivity index (χ1) is 9.50. The van der Waals surface area contributed by atoms with Gasteiger partial charge in [0.1, 0.15) is 6.04 Å². The summed E-state index contributed by atoms with van der Waals surface area (Å²) >= 11 is 6.13. The molecule has 0 aliphatic carbocycles. The first-order valence-corrected chi connectivity index (χ1v) is 6.72. The number of aromatic nitrogens is 1. The highest BCUT2D eigenvalue weighted by molar-refractivity contribution is 6.35. The summed E-state index contributed by atoms with van der Waals surface area (Å²) in [4.78, 5) is 27.9. The maximum Gasteiger partial charge on any atom is 0.324 e. The van der Waals surface area contributed by atoms with Gasteiger partial charge in [0.2, 0.25) is 0 Å². The molecule has 0 bridgehead atoms. The number of para-hydroxylation sites is 1. The van der Waals surface area contributed by atoms with Gasteiger partial charge in [-0.3, -0.25) is 9.69 Å². The van der Waals surface area contributed by atoms with Gasteiger partial charge in [-0.25, -0.2) is 4.79 Å². The molecule has 0 radical (unpaired) electrons. The fourth-order valence-electron chi connectivity index (χ4n) is 2.63. The predicted molar refractivity (Wildman–Crippen MR) is 76.8 cm³/mol. The summed E-state index contributed by atoms with van der Waals surface area (Å²) in [5, 5.41) is 4.32. The molecule has 1 aromatic carbocycles. The Bertz CT molecular complexity index is 710. The van der Waals surface area contributed by atoms with E-state index < -0.39 is 6.04 Å². The molecular formula is C14H14ClN3O2. The van der Waals surface area contributed by atoms with Crippen molar-refractivity contribution in [2.24, 2.45) is 0 Å². The number of H-pyrrole nitrogens is 1. The average Bonchev–Trinajstić information content (AvgIpc) is 2.96. The Kier molecular flexibility index (Phi) is 2.94. The van der Waals surface area contributed by atoms with E-state index in [4.69, 9.17) is 11.6 Å². The first-order valence-electron chi connectivity index (χ1n) is 6.34. The van der Waals surface area contributed by atoms with Crippen LogP contribution >= 0.6 is 11.6 Å². The SMILES string of the molecule is CC(c1c[nH]c2c(Cl)cccc12)C1NC(=O)N(C)C1=O. The number of aromatic amines is 1. The average molecular weight is 292 g/mol. The number of nitrogens with one attached hydrogen (secondary N) is 2. The molecule has 20 heavy (non-hydrogen) atoms. The number of urea groups is 1. The van der Waals surface area contributed by atoms with E-state index in [1.165, 1.54) is 7.05 Å². The van der Waals surface area contributed by atoms with Crippen molar-refractivity contribution >= 4 is 34.4 Å². The van der Waals surface area contributed by atoms with Gasteiger partial charge in [-0.1, -0.05) is 30.7 Å². The highest BCUT2D eigenvalue weighted by Crippen LogP contribution is 2.32. The van der Waals surface area contributed by atoms with Crippen molar-refractivity contribution < 1.29 is 9.59 Å². The molecule has 1 saturated heterocycles. The van der Waals surface area contributed by atoms with Crippen molar-refractivity contribution in [1.29, 1.82) is 0 Å². The van der Waals surface area contributed by atoms with Crippen LogP contribution in [0.3, 0.4) is 0 Å². The van der Waals surface area contributed by atoms with Crippen LogP contribution in [0.2, 0.25) is 5.02 Å². The number of hydrogen-bond donors (Lipinski definition) is 2. The Morgan fingerprint density at radius 3 is 2.75 bits per heavy atom. The highest BCUT2D eigenvalue weighted by atomic mass is 35.5. The Morgan fingerprint density at radius 2 is 2.10 bits per heavy atom. The van der Waals surface area contributed by atoms with Gasteiger partial charge in [0.25, 0.3) is 5.91 Å². The fourth-order valence-corrected chi connectivity index (χ4v) is 2.86. The van der Waals surface area contributed by atoms with Crippen LogP contribution in [0.5, 0.6) is 0 Å². The molecule has 104 valence electrons. The lowest BCUT2D eigenvalue weighted by atomic mass is 9.93. The van der Waals surface area contributed by atoms with Crippen LogP contribution in [-0.4, -0.2) is 34.9 Å². The molecule has 3 amide bonds. The summed E-state index contributed by atoms with van der Waals surface area (Å²) < 4.78 is 0. The van der Waals surface area contributed by atoms with E-state index in [2.05, 4.69) is 10.3 Å². The molecule has 3 rings (SSSR count). The molecule has 2 heterocycles. The molecular weight excluding hydrogens is 278 g/mol. The van der Waals surface area contributed by atoms with Crippen LogP contribution in [0.15, 0.2) is 24.4 Å². The van der Waals surface area contributed by atoms with E-state index in [1.807, 2.05) is 31.3 Å². The summed E-state index contributed by atoms with van der Waals surface area (Å²) in [6, 6.07) is 4.74. The van der Waals surface area contributed by atoms with Crippen LogP contribution < -0.4 is 5.32 Å². The minimum absolute atomic E-state index is 0.136. The maximum atomic E-state index is 12.1. The number of likely N-dealkylation sites (N-methyl/N-ethyl adjacent to an activating group) is 1. The van der Waals surface area contributed by atoms with Gasteiger partial charge in [0.15, 0.2) is 0 Å². The number of rotatable bonds is 2. The van der Waals surface area contributed by atoms with E-state index in [0.717, 1.165) is 21.4 Å². The van der Waals surface area contributed by atoms with Gasteiger partial charge in [0, 0.05) is 24.5 Å². The van der Waals surface area contributed by atoms with Gasteiger partial charge < -0.3 is 10.3 Å². The zero-order chi connectivity index (χ0) is 14.4. The number of amides is 3. The smallest absolute Gasteiger partial charge is 0.324 e. The van der Waals surface area contributed by atoms with Crippen molar-refractivity contribution in [3.05, 3.63) is 35.0 Å². The summed E-state index contributed by atoms with van der Waals surface area (Å²) in [5.41, 5.74) is 1.82. The minimum Gasteiger partial charge on any atom is -0.360 e. The van der Waals surface area contributed by atoms with Crippen LogP contribution in [0.4, 0.5) is 4.79 Å². The highest BCUT2D eigenvalue weighted by Gasteiger charge is 2.39. The summed E-state index contributed by atoms with van der Waals surface area (Å²) in [7, 11) is 1.48. The molecule has 2 aromatic rings. The number of imide groups is 1. The van der Waals surface area contributed by atoms with Crippen LogP contribution in [0, 0.1) is 0 Å². The molecule has 1 fully saturated rings. The fraction of sp³-hybridized carbons (Fsp3) is 0.286. The van der Waals surface area contributed by atoms with Crippen LogP contribution in [0.25, 0.3) is 10.9 Å². The Labute approximate surface area is 120 Å². The summed E-state index contributed by atoms with van der Waals surface area (Å²) in [6.45, 7) is 1.92. The number of halogens is 1. The summed E-state index contributed by atoms with van der Waals surface area (Å²) in [5.74, 6) is -0.345. The molecule has 1 aromatic heterocycles.